The second-order valence-electron chi connectivity index (χ2n) is 6.21. The predicted molar refractivity (Wildman–Crippen MR) is 83.2 cm³/mol. The van der Waals surface area contributed by atoms with Gasteiger partial charge in [-0.1, -0.05) is 12.1 Å². The Morgan fingerprint density at radius 1 is 1.24 bits per heavy atom. The Balaban J connectivity index is 1.99. The highest BCUT2D eigenvalue weighted by Gasteiger charge is 2.32. The number of carbonyl (C=O) groups is 3. The van der Waals surface area contributed by atoms with E-state index in [0.717, 1.165) is 12.1 Å². The average Bonchev–Trinajstić information content (AvgIpc) is 2.52. The number of carbonyl (C=O) groups excluding carboxylic acids is 3. The molecule has 5 nitrogen and oxygen atoms in total. The lowest BCUT2D eigenvalue weighted by atomic mass is 9.83. The number of nitrogens with one attached hydrogen (secondary N) is 1. The Labute approximate surface area is 142 Å². The Morgan fingerprint density at radius 3 is 2.40 bits per heavy atom. The van der Waals surface area contributed by atoms with E-state index in [-0.39, 0.29) is 24.5 Å². The Morgan fingerprint density at radius 2 is 1.88 bits per heavy atom. The van der Waals surface area contributed by atoms with E-state index in [1.54, 1.807) is 0 Å². The van der Waals surface area contributed by atoms with Crippen LogP contribution in [0.5, 0.6) is 0 Å². The molecular weight excluding hydrogens is 337 g/mol. The van der Waals surface area contributed by atoms with Gasteiger partial charge in [0.05, 0.1) is 12.0 Å². The lowest BCUT2D eigenvalue weighted by Gasteiger charge is -2.28. The summed E-state index contributed by atoms with van der Waals surface area (Å²) in [4.78, 5) is 35.3. The zero-order valence-corrected chi connectivity index (χ0v) is 13.4. The number of amides is 2. The maximum Gasteiger partial charge on any atom is 0.416 e. The smallest absolute Gasteiger partial charge is 0.368 e. The van der Waals surface area contributed by atoms with Crippen molar-refractivity contribution >= 4 is 17.6 Å². The second kappa shape index (κ2) is 7.67. The molecule has 136 valence electrons. The van der Waals surface area contributed by atoms with Gasteiger partial charge in [-0.15, -0.1) is 0 Å². The quantitative estimate of drug-likeness (QED) is 0.845. The molecule has 0 aromatic heterocycles. The summed E-state index contributed by atoms with van der Waals surface area (Å²) in [5, 5.41) is 2.51. The normalized spacial score (nSPS) is 19.3. The fourth-order valence-corrected chi connectivity index (χ4v) is 2.99. The number of primary amides is 1. The molecule has 1 aliphatic rings. The number of hydrogen-bond donors (Lipinski definition) is 2. The summed E-state index contributed by atoms with van der Waals surface area (Å²) < 4.78 is 37.6. The van der Waals surface area contributed by atoms with Gasteiger partial charge in [-0.05, 0) is 36.5 Å². The van der Waals surface area contributed by atoms with Crippen LogP contribution in [0, 0.1) is 5.92 Å². The molecule has 3 N–H and O–H groups in total. The van der Waals surface area contributed by atoms with Gasteiger partial charge in [0.25, 0.3) is 0 Å². The van der Waals surface area contributed by atoms with E-state index in [1.165, 1.54) is 12.1 Å². The molecule has 8 heteroatoms. The fraction of sp³-hybridized carbons (Fsp3) is 0.471. The van der Waals surface area contributed by atoms with Crippen LogP contribution in [0.4, 0.5) is 13.2 Å². The molecule has 2 rings (SSSR count). The first-order chi connectivity index (χ1) is 11.7. The highest BCUT2D eigenvalue weighted by Crippen LogP contribution is 2.29. The standard InChI is InChI=1S/C17H19F3N2O3/c18-17(19,20)12-6-4-10(5-7-12)8-14(24)22-15(16(21)25)11-2-1-3-13(23)9-11/h4-7,11,15H,1-3,8-9H2,(H2,21,25)(H,22,24)/t11-,15-/m1/s1. The van der Waals surface area contributed by atoms with Gasteiger partial charge < -0.3 is 11.1 Å². The van der Waals surface area contributed by atoms with Crippen LogP contribution < -0.4 is 11.1 Å². The lowest BCUT2D eigenvalue weighted by Crippen LogP contribution is -2.50. The van der Waals surface area contributed by atoms with E-state index < -0.39 is 29.6 Å². The Bertz CT molecular complexity index is 656. The molecule has 0 aliphatic heterocycles. The van der Waals surface area contributed by atoms with Crippen molar-refractivity contribution in [3.8, 4) is 0 Å². The molecule has 1 aliphatic carbocycles. The summed E-state index contributed by atoms with van der Waals surface area (Å²) in [5.74, 6) is -1.56. The van der Waals surface area contributed by atoms with E-state index in [9.17, 15) is 27.6 Å². The SMILES string of the molecule is NC(=O)[C@H](NC(=O)Cc1ccc(C(F)(F)F)cc1)[C@@H]1CCCC(=O)C1. The summed E-state index contributed by atoms with van der Waals surface area (Å²) in [5.41, 5.74) is 4.92. The minimum absolute atomic E-state index is 0.0273. The Hall–Kier alpha value is -2.38. The molecule has 0 bridgehead atoms. The van der Waals surface area contributed by atoms with E-state index >= 15 is 0 Å². The minimum Gasteiger partial charge on any atom is -0.368 e. The largest absolute Gasteiger partial charge is 0.416 e. The van der Waals surface area contributed by atoms with Crippen LogP contribution in [0.15, 0.2) is 24.3 Å². The van der Waals surface area contributed by atoms with Crippen LogP contribution in [-0.2, 0) is 27.0 Å². The third-order valence-electron chi connectivity index (χ3n) is 4.26. The topological polar surface area (TPSA) is 89.3 Å². The number of alkyl halides is 3. The number of hydrogen-bond acceptors (Lipinski definition) is 3. The van der Waals surface area contributed by atoms with Crippen molar-refractivity contribution in [3.63, 3.8) is 0 Å². The predicted octanol–water partition coefficient (Wildman–Crippen LogP) is 1.98. The number of rotatable bonds is 5. The van der Waals surface area contributed by atoms with E-state index in [2.05, 4.69) is 5.32 Å². The van der Waals surface area contributed by atoms with Gasteiger partial charge in [0.15, 0.2) is 0 Å². The van der Waals surface area contributed by atoms with Crippen LogP contribution in [0.25, 0.3) is 0 Å². The molecular formula is C17H19F3N2O3. The van der Waals surface area contributed by atoms with E-state index in [1.807, 2.05) is 0 Å². The third kappa shape index (κ3) is 5.30. The second-order valence-corrected chi connectivity index (χ2v) is 6.21. The van der Waals surface area contributed by atoms with Gasteiger partial charge in [0.2, 0.25) is 11.8 Å². The lowest BCUT2D eigenvalue weighted by molar-refractivity contribution is -0.137. The monoisotopic (exact) mass is 356 g/mol. The van der Waals surface area contributed by atoms with Gasteiger partial charge in [0, 0.05) is 12.8 Å². The number of nitrogens with two attached hydrogens (primary N) is 1. The average molecular weight is 356 g/mol. The third-order valence-corrected chi connectivity index (χ3v) is 4.26. The number of ketones is 1. The van der Waals surface area contributed by atoms with Gasteiger partial charge in [-0.25, -0.2) is 0 Å². The molecule has 0 heterocycles. The molecule has 2 amide bonds. The molecule has 0 unspecified atom stereocenters. The summed E-state index contributed by atoms with van der Waals surface area (Å²) in [7, 11) is 0. The van der Waals surface area contributed by atoms with Gasteiger partial charge >= 0.3 is 6.18 Å². The number of halogens is 3. The number of benzene rings is 1. The molecule has 0 spiro atoms. The summed E-state index contributed by atoms with van der Waals surface area (Å²) in [6.45, 7) is 0. The number of Topliss-reactive ketones (excluding diaryl/α,β-unsaturated/α-hetero) is 1. The molecule has 25 heavy (non-hydrogen) atoms. The highest BCUT2D eigenvalue weighted by molar-refractivity contribution is 5.89. The van der Waals surface area contributed by atoms with Crippen molar-refractivity contribution in [2.45, 2.75) is 44.3 Å². The van der Waals surface area contributed by atoms with Crippen molar-refractivity contribution in [3.05, 3.63) is 35.4 Å². The molecule has 0 radical (unpaired) electrons. The van der Waals surface area contributed by atoms with Crippen LogP contribution >= 0.6 is 0 Å². The van der Waals surface area contributed by atoms with Crippen molar-refractivity contribution in [2.24, 2.45) is 11.7 Å². The first kappa shape index (κ1) is 19.0. The molecule has 1 fully saturated rings. The summed E-state index contributed by atoms with van der Waals surface area (Å²) in [6.07, 6.45) is -2.72. The molecule has 2 atom stereocenters. The van der Waals surface area contributed by atoms with Crippen molar-refractivity contribution in [1.82, 2.24) is 5.32 Å². The van der Waals surface area contributed by atoms with Gasteiger partial charge in [0.1, 0.15) is 11.8 Å². The summed E-state index contributed by atoms with van der Waals surface area (Å²) >= 11 is 0. The first-order valence-electron chi connectivity index (χ1n) is 7.93. The zero-order valence-electron chi connectivity index (χ0n) is 13.4. The van der Waals surface area contributed by atoms with E-state index in [0.29, 0.717) is 24.8 Å². The first-order valence-corrected chi connectivity index (χ1v) is 7.93. The maximum absolute atomic E-state index is 12.5. The molecule has 0 saturated heterocycles. The summed E-state index contributed by atoms with van der Waals surface area (Å²) in [6, 6.07) is 3.27. The Kier molecular flexibility index (Phi) is 5.81. The molecule has 1 aromatic rings. The van der Waals surface area contributed by atoms with Crippen LogP contribution in [0.1, 0.15) is 36.8 Å². The van der Waals surface area contributed by atoms with Crippen molar-refractivity contribution < 1.29 is 27.6 Å². The van der Waals surface area contributed by atoms with Crippen LogP contribution in [-0.4, -0.2) is 23.6 Å². The van der Waals surface area contributed by atoms with Crippen LogP contribution in [0.2, 0.25) is 0 Å². The molecule has 1 saturated carbocycles. The highest BCUT2D eigenvalue weighted by atomic mass is 19.4. The van der Waals surface area contributed by atoms with Crippen molar-refractivity contribution in [2.75, 3.05) is 0 Å². The fourth-order valence-electron chi connectivity index (χ4n) is 2.99. The van der Waals surface area contributed by atoms with Crippen molar-refractivity contribution in [1.29, 1.82) is 0 Å². The zero-order chi connectivity index (χ0) is 18.6. The molecule has 1 aromatic carbocycles. The minimum atomic E-state index is -4.44. The van der Waals surface area contributed by atoms with Crippen LogP contribution in [0.3, 0.4) is 0 Å². The van der Waals surface area contributed by atoms with Gasteiger partial charge in [-0.3, -0.25) is 14.4 Å². The van der Waals surface area contributed by atoms with Gasteiger partial charge in [-0.2, -0.15) is 13.2 Å². The maximum atomic E-state index is 12.5. The van der Waals surface area contributed by atoms with E-state index in [4.69, 9.17) is 5.73 Å².